The molecule has 2 rings (SSSR count). The van der Waals surface area contributed by atoms with E-state index in [0.717, 1.165) is 30.6 Å². The SMILES string of the molecule is CN1CCc2c(C#N)c(N)[nH]c(=S)c2C1. The average molecular weight is 220 g/mol. The molecule has 0 spiro atoms. The van der Waals surface area contributed by atoms with E-state index in [1.807, 2.05) is 7.05 Å². The monoisotopic (exact) mass is 220 g/mol. The van der Waals surface area contributed by atoms with Crippen LogP contribution in [-0.4, -0.2) is 23.5 Å². The van der Waals surface area contributed by atoms with Crippen LogP contribution in [0.4, 0.5) is 5.82 Å². The van der Waals surface area contributed by atoms with E-state index in [-0.39, 0.29) is 0 Å². The van der Waals surface area contributed by atoms with Crippen LogP contribution in [0.3, 0.4) is 0 Å². The highest BCUT2D eigenvalue weighted by molar-refractivity contribution is 7.71. The topological polar surface area (TPSA) is 68.8 Å². The zero-order valence-corrected chi connectivity index (χ0v) is 9.32. The zero-order chi connectivity index (χ0) is 11.0. The average Bonchev–Trinajstić information content (AvgIpc) is 2.19. The summed E-state index contributed by atoms with van der Waals surface area (Å²) in [6.45, 7) is 1.74. The first-order valence-electron chi connectivity index (χ1n) is 4.75. The number of nitrogens with two attached hydrogens (primary N) is 1. The number of nitrogens with zero attached hydrogens (tertiary/aromatic N) is 2. The van der Waals surface area contributed by atoms with Crippen molar-refractivity contribution in [1.82, 2.24) is 9.88 Å². The molecule has 15 heavy (non-hydrogen) atoms. The van der Waals surface area contributed by atoms with Crippen LogP contribution in [-0.2, 0) is 13.0 Å². The van der Waals surface area contributed by atoms with Gasteiger partial charge in [-0.15, -0.1) is 0 Å². The minimum absolute atomic E-state index is 0.394. The summed E-state index contributed by atoms with van der Waals surface area (Å²) in [6.07, 6.45) is 0.844. The van der Waals surface area contributed by atoms with E-state index in [2.05, 4.69) is 16.0 Å². The molecule has 0 saturated heterocycles. The van der Waals surface area contributed by atoms with Gasteiger partial charge in [-0.2, -0.15) is 5.26 Å². The van der Waals surface area contributed by atoms with E-state index in [9.17, 15) is 0 Å². The third kappa shape index (κ3) is 1.62. The lowest BCUT2D eigenvalue weighted by atomic mass is 9.97. The lowest BCUT2D eigenvalue weighted by Gasteiger charge is -2.25. The van der Waals surface area contributed by atoms with Crippen molar-refractivity contribution in [3.63, 3.8) is 0 Å². The first-order chi connectivity index (χ1) is 7.13. The van der Waals surface area contributed by atoms with Crippen LogP contribution >= 0.6 is 12.2 Å². The zero-order valence-electron chi connectivity index (χ0n) is 8.50. The molecule has 1 aromatic rings. The van der Waals surface area contributed by atoms with Gasteiger partial charge in [0.1, 0.15) is 16.5 Å². The maximum absolute atomic E-state index is 9.03. The van der Waals surface area contributed by atoms with Crippen LogP contribution < -0.4 is 5.73 Å². The Morgan fingerprint density at radius 1 is 1.53 bits per heavy atom. The second kappa shape index (κ2) is 3.65. The van der Waals surface area contributed by atoms with Crippen molar-refractivity contribution in [3.05, 3.63) is 21.3 Å². The van der Waals surface area contributed by atoms with E-state index >= 15 is 0 Å². The highest BCUT2D eigenvalue weighted by Gasteiger charge is 2.19. The number of pyridine rings is 1. The number of nitrogen functional groups attached to an aromatic ring is 1. The molecule has 2 heterocycles. The standard InChI is InChI=1S/C10H12N4S/c1-14-3-2-6-7(4-11)9(12)13-10(15)8(6)5-14/h2-3,5H2,1H3,(H3,12,13,15). The highest BCUT2D eigenvalue weighted by Crippen LogP contribution is 2.24. The number of rotatable bonds is 0. The lowest BCUT2D eigenvalue weighted by Crippen LogP contribution is -2.28. The molecule has 0 unspecified atom stereocenters. The summed E-state index contributed by atoms with van der Waals surface area (Å²) in [5.74, 6) is 0.394. The Hall–Kier alpha value is -1.38. The van der Waals surface area contributed by atoms with Crippen molar-refractivity contribution in [2.45, 2.75) is 13.0 Å². The van der Waals surface area contributed by atoms with Crippen LogP contribution in [0.1, 0.15) is 16.7 Å². The van der Waals surface area contributed by atoms with E-state index in [1.165, 1.54) is 0 Å². The molecule has 1 aromatic heterocycles. The first kappa shape index (κ1) is 10.1. The summed E-state index contributed by atoms with van der Waals surface area (Å²) in [5, 5.41) is 9.03. The van der Waals surface area contributed by atoms with Crippen LogP contribution in [0.15, 0.2) is 0 Å². The molecule has 0 aromatic carbocycles. The van der Waals surface area contributed by atoms with E-state index in [0.29, 0.717) is 16.0 Å². The molecule has 3 N–H and O–H groups in total. The molecule has 0 saturated carbocycles. The number of hydrogen-bond donors (Lipinski definition) is 2. The van der Waals surface area contributed by atoms with Gasteiger partial charge in [-0.3, -0.25) is 0 Å². The van der Waals surface area contributed by atoms with E-state index in [1.54, 1.807) is 0 Å². The summed E-state index contributed by atoms with van der Waals surface area (Å²) in [5.41, 5.74) is 8.36. The van der Waals surface area contributed by atoms with Gasteiger partial charge in [0, 0.05) is 18.7 Å². The summed E-state index contributed by atoms with van der Waals surface area (Å²) in [7, 11) is 2.04. The number of likely N-dealkylation sites (N-methyl/N-ethyl adjacent to an activating group) is 1. The lowest BCUT2D eigenvalue weighted by molar-refractivity contribution is 0.311. The summed E-state index contributed by atoms with van der Waals surface area (Å²) in [6, 6.07) is 2.14. The smallest absolute Gasteiger partial charge is 0.120 e. The molecule has 0 fully saturated rings. The molecule has 78 valence electrons. The van der Waals surface area contributed by atoms with Gasteiger partial charge < -0.3 is 15.6 Å². The van der Waals surface area contributed by atoms with Crippen molar-refractivity contribution in [1.29, 1.82) is 5.26 Å². The van der Waals surface area contributed by atoms with Crippen molar-refractivity contribution >= 4 is 18.0 Å². The summed E-state index contributed by atoms with van der Waals surface area (Å²) < 4.78 is 0.660. The molecule has 1 aliphatic heterocycles. The predicted octanol–water partition coefficient (Wildman–Crippen LogP) is 1.19. The van der Waals surface area contributed by atoms with Gasteiger partial charge in [0.25, 0.3) is 0 Å². The number of aromatic amines is 1. The Morgan fingerprint density at radius 3 is 2.93 bits per heavy atom. The Morgan fingerprint density at radius 2 is 2.27 bits per heavy atom. The number of nitrogens with one attached hydrogen (secondary N) is 1. The fourth-order valence-corrected chi connectivity index (χ4v) is 2.23. The first-order valence-corrected chi connectivity index (χ1v) is 5.16. The minimum Gasteiger partial charge on any atom is -0.384 e. The van der Waals surface area contributed by atoms with Crippen LogP contribution in [0.5, 0.6) is 0 Å². The van der Waals surface area contributed by atoms with Gasteiger partial charge in [0.2, 0.25) is 0 Å². The molecular formula is C10H12N4S. The van der Waals surface area contributed by atoms with Crippen molar-refractivity contribution in [2.24, 2.45) is 0 Å². The molecule has 5 heteroatoms. The van der Waals surface area contributed by atoms with E-state index < -0.39 is 0 Å². The quantitative estimate of drug-likeness (QED) is 0.644. The molecule has 1 aliphatic rings. The number of hydrogen-bond acceptors (Lipinski definition) is 4. The minimum atomic E-state index is 0.394. The second-order valence-electron chi connectivity index (χ2n) is 3.80. The van der Waals surface area contributed by atoms with Crippen LogP contribution in [0.25, 0.3) is 0 Å². The van der Waals surface area contributed by atoms with Gasteiger partial charge in [-0.1, -0.05) is 12.2 Å². The third-order valence-corrected chi connectivity index (χ3v) is 3.09. The number of aromatic nitrogens is 1. The molecule has 0 aliphatic carbocycles. The van der Waals surface area contributed by atoms with Crippen molar-refractivity contribution < 1.29 is 0 Å². The number of anilines is 1. The predicted molar refractivity (Wildman–Crippen MR) is 60.8 cm³/mol. The van der Waals surface area contributed by atoms with Crippen molar-refractivity contribution in [2.75, 3.05) is 19.3 Å². The Kier molecular flexibility index (Phi) is 2.47. The summed E-state index contributed by atoms with van der Waals surface area (Å²) >= 11 is 5.22. The normalized spacial score (nSPS) is 15.7. The molecule has 0 radical (unpaired) electrons. The van der Waals surface area contributed by atoms with Crippen LogP contribution in [0.2, 0.25) is 0 Å². The molecule has 0 bridgehead atoms. The number of H-pyrrole nitrogens is 1. The van der Waals surface area contributed by atoms with Crippen LogP contribution in [0, 0.1) is 16.0 Å². The third-order valence-electron chi connectivity index (χ3n) is 2.74. The molecule has 0 atom stereocenters. The maximum Gasteiger partial charge on any atom is 0.120 e. The highest BCUT2D eigenvalue weighted by atomic mass is 32.1. The van der Waals surface area contributed by atoms with Gasteiger partial charge in [0.05, 0.1) is 5.56 Å². The molecule has 0 amide bonds. The van der Waals surface area contributed by atoms with Gasteiger partial charge in [-0.25, -0.2) is 0 Å². The van der Waals surface area contributed by atoms with Gasteiger partial charge >= 0.3 is 0 Å². The Labute approximate surface area is 93.3 Å². The Balaban J connectivity index is 2.69. The maximum atomic E-state index is 9.03. The number of fused-ring (bicyclic) bond motifs is 1. The fraction of sp³-hybridized carbons (Fsp3) is 0.400. The largest absolute Gasteiger partial charge is 0.384 e. The van der Waals surface area contributed by atoms with Gasteiger partial charge in [-0.05, 0) is 19.0 Å². The van der Waals surface area contributed by atoms with E-state index in [4.69, 9.17) is 23.2 Å². The molecule has 4 nitrogen and oxygen atoms in total. The summed E-state index contributed by atoms with van der Waals surface area (Å²) in [4.78, 5) is 5.07. The van der Waals surface area contributed by atoms with Gasteiger partial charge in [0.15, 0.2) is 0 Å². The fourth-order valence-electron chi connectivity index (χ4n) is 1.93. The van der Waals surface area contributed by atoms with Crippen molar-refractivity contribution in [3.8, 4) is 6.07 Å². The number of nitriles is 1. The molecular weight excluding hydrogens is 208 g/mol. The second-order valence-corrected chi connectivity index (χ2v) is 4.21. The Bertz CT molecular complexity index is 497.